The predicted molar refractivity (Wildman–Crippen MR) is 59.0 cm³/mol. The van der Waals surface area contributed by atoms with E-state index in [1.54, 1.807) is 6.07 Å². The number of aryl methyl sites for hydroxylation is 1. The van der Waals surface area contributed by atoms with E-state index in [9.17, 15) is 8.42 Å². The van der Waals surface area contributed by atoms with Crippen molar-refractivity contribution in [3.8, 4) is 0 Å². The monoisotopic (exact) mass is 231 g/mol. The van der Waals surface area contributed by atoms with Crippen LogP contribution in [0.5, 0.6) is 0 Å². The summed E-state index contributed by atoms with van der Waals surface area (Å²) >= 11 is 0. The smallest absolute Gasteiger partial charge is 0.212 e. The van der Waals surface area contributed by atoms with Crippen molar-refractivity contribution >= 4 is 10.0 Å². The molecule has 0 aliphatic heterocycles. The highest BCUT2D eigenvalue weighted by molar-refractivity contribution is 7.89. The van der Waals surface area contributed by atoms with Crippen LogP contribution in [0.3, 0.4) is 0 Å². The molecule has 1 N–H and O–H groups in total. The molecule has 0 saturated carbocycles. The van der Waals surface area contributed by atoms with Crippen molar-refractivity contribution in [1.82, 2.24) is 4.72 Å². The van der Waals surface area contributed by atoms with Crippen molar-refractivity contribution < 1.29 is 12.8 Å². The van der Waals surface area contributed by atoms with Crippen molar-refractivity contribution in [3.05, 3.63) is 23.7 Å². The molecular weight excluding hydrogens is 214 g/mol. The van der Waals surface area contributed by atoms with Gasteiger partial charge in [0, 0.05) is 0 Å². The molecule has 1 aromatic rings. The van der Waals surface area contributed by atoms with Gasteiger partial charge in [0.05, 0.1) is 12.3 Å². The van der Waals surface area contributed by atoms with Crippen molar-refractivity contribution in [1.29, 1.82) is 0 Å². The SMILES string of the molecule is CCCCS(=O)(=O)NCc1ccc(C)o1. The summed E-state index contributed by atoms with van der Waals surface area (Å²) in [5, 5.41) is 0. The molecule has 1 heterocycles. The molecule has 0 atom stereocenters. The van der Waals surface area contributed by atoms with E-state index in [1.165, 1.54) is 0 Å². The minimum Gasteiger partial charge on any atom is -0.465 e. The number of sulfonamides is 1. The summed E-state index contributed by atoms with van der Waals surface area (Å²) in [5.41, 5.74) is 0. The van der Waals surface area contributed by atoms with Crippen molar-refractivity contribution in [3.63, 3.8) is 0 Å². The number of nitrogens with one attached hydrogen (secondary N) is 1. The molecular formula is C10H17NO3S. The van der Waals surface area contributed by atoms with Crippen LogP contribution in [0.15, 0.2) is 16.5 Å². The van der Waals surface area contributed by atoms with E-state index < -0.39 is 10.0 Å². The molecule has 0 radical (unpaired) electrons. The Morgan fingerprint density at radius 2 is 2.13 bits per heavy atom. The maximum absolute atomic E-state index is 11.4. The van der Waals surface area contributed by atoms with Crippen LogP contribution in [0.25, 0.3) is 0 Å². The van der Waals surface area contributed by atoms with E-state index in [0.717, 1.165) is 12.2 Å². The van der Waals surface area contributed by atoms with Gasteiger partial charge in [0.1, 0.15) is 11.5 Å². The Balaban J connectivity index is 2.42. The Hall–Kier alpha value is -0.810. The number of furan rings is 1. The quantitative estimate of drug-likeness (QED) is 0.812. The van der Waals surface area contributed by atoms with E-state index >= 15 is 0 Å². The molecule has 0 unspecified atom stereocenters. The van der Waals surface area contributed by atoms with Gasteiger partial charge >= 0.3 is 0 Å². The zero-order chi connectivity index (χ0) is 11.3. The lowest BCUT2D eigenvalue weighted by atomic mass is 10.4. The van der Waals surface area contributed by atoms with Crippen LogP contribution in [-0.4, -0.2) is 14.2 Å². The summed E-state index contributed by atoms with van der Waals surface area (Å²) in [5.74, 6) is 1.62. The zero-order valence-electron chi connectivity index (χ0n) is 9.12. The fourth-order valence-electron chi connectivity index (χ4n) is 1.17. The minimum atomic E-state index is -3.14. The summed E-state index contributed by atoms with van der Waals surface area (Å²) in [6, 6.07) is 3.59. The Kier molecular flexibility index (Phi) is 4.35. The Morgan fingerprint density at radius 3 is 2.67 bits per heavy atom. The van der Waals surface area contributed by atoms with E-state index in [0.29, 0.717) is 12.2 Å². The normalized spacial score (nSPS) is 11.9. The third-order valence-electron chi connectivity index (χ3n) is 2.03. The second-order valence-electron chi connectivity index (χ2n) is 3.51. The molecule has 4 nitrogen and oxygen atoms in total. The van der Waals surface area contributed by atoms with Crippen molar-refractivity contribution in [2.75, 3.05) is 5.75 Å². The number of hydrogen-bond acceptors (Lipinski definition) is 3. The fraction of sp³-hybridized carbons (Fsp3) is 0.600. The molecule has 0 amide bonds. The lowest BCUT2D eigenvalue weighted by molar-refractivity contribution is 0.475. The molecule has 0 aromatic carbocycles. The van der Waals surface area contributed by atoms with Crippen LogP contribution in [0.1, 0.15) is 31.3 Å². The first-order chi connectivity index (χ1) is 7.03. The highest BCUT2D eigenvalue weighted by Gasteiger charge is 2.09. The van der Waals surface area contributed by atoms with Crippen LogP contribution in [0, 0.1) is 6.92 Å². The molecule has 0 aliphatic rings. The van der Waals surface area contributed by atoms with Gasteiger partial charge in [-0.1, -0.05) is 13.3 Å². The summed E-state index contributed by atoms with van der Waals surface area (Å²) in [6.07, 6.45) is 1.56. The Labute approximate surface area is 90.7 Å². The van der Waals surface area contributed by atoms with Gasteiger partial charge < -0.3 is 4.42 Å². The van der Waals surface area contributed by atoms with Gasteiger partial charge in [-0.3, -0.25) is 0 Å². The van der Waals surface area contributed by atoms with Gasteiger partial charge in [0.15, 0.2) is 0 Å². The zero-order valence-corrected chi connectivity index (χ0v) is 9.93. The number of hydrogen-bond donors (Lipinski definition) is 1. The molecule has 15 heavy (non-hydrogen) atoms. The molecule has 0 aliphatic carbocycles. The summed E-state index contributed by atoms with van der Waals surface area (Å²) in [7, 11) is -3.14. The van der Waals surface area contributed by atoms with Gasteiger partial charge in [-0.15, -0.1) is 0 Å². The topological polar surface area (TPSA) is 59.3 Å². The van der Waals surface area contributed by atoms with Crippen LogP contribution < -0.4 is 4.72 Å². The maximum atomic E-state index is 11.4. The second-order valence-corrected chi connectivity index (χ2v) is 5.43. The third-order valence-corrected chi connectivity index (χ3v) is 3.44. The maximum Gasteiger partial charge on any atom is 0.212 e. The number of unbranched alkanes of at least 4 members (excludes halogenated alkanes) is 1. The van der Waals surface area contributed by atoms with Gasteiger partial charge in [0.25, 0.3) is 0 Å². The lowest BCUT2D eigenvalue weighted by Gasteiger charge is -2.03. The van der Waals surface area contributed by atoms with E-state index in [2.05, 4.69) is 4.72 Å². The van der Waals surface area contributed by atoms with Gasteiger partial charge in [-0.25, -0.2) is 13.1 Å². The lowest BCUT2D eigenvalue weighted by Crippen LogP contribution is -2.25. The van der Waals surface area contributed by atoms with Crippen LogP contribution in [-0.2, 0) is 16.6 Å². The fourth-order valence-corrected chi connectivity index (χ4v) is 2.34. The summed E-state index contributed by atoms with van der Waals surface area (Å²) in [4.78, 5) is 0. The molecule has 1 rings (SSSR count). The van der Waals surface area contributed by atoms with E-state index in [-0.39, 0.29) is 12.3 Å². The molecule has 86 valence electrons. The van der Waals surface area contributed by atoms with E-state index in [4.69, 9.17) is 4.42 Å². The first-order valence-corrected chi connectivity index (χ1v) is 6.71. The molecule has 1 aromatic heterocycles. The molecule has 0 saturated heterocycles. The highest BCUT2D eigenvalue weighted by Crippen LogP contribution is 2.06. The first kappa shape index (κ1) is 12.3. The average Bonchev–Trinajstić information content (AvgIpc) is 2.59. The van der Waals surface area contributed by atoms with Crippen LogP contribution in [0.2, 0.25) is 0 Å². The summed E-state index contributed by atoms with van der Waals surface area (Å²) in [6.45, 7) is 4.03. The van der Waals surface area contributed by atoms with E-state index in [1.807, 2.05) is 19.9 Å². The Morgan fingerprint density at radius 1 is 1.40 bits per heavy atom. The van der Waals surface area contributed by atoms with Crippen LogP contribution >= 0.6 is 0 Å². The van der Waals surface area contributed by atoms with Gasteiger partial charge in [-0.05, 0) is 25.5 Å². The number of rotatable bonds is 6. The second kappa shape index (κ2) is 5.32. The molecule has 5 heteroatoms. The third kappa shape index (κ3) is 4.48. The largest absolute Gasteiger partial charge is 0.465 e. The minimum absolute atomic E-state index is 0.184. The standard InChI is InChI=1S/C10H17NO3S/c1-3-4-7-15(12,13)11-8-10-6-5-9(2)14-10/h5-6,11H,3-4,7-8H2,1-2H3. The highest BCUT2D eigenvalue weighted by atomic mass is 32.2. The molecule has 0 bridgehead atoms. The molecule has 0 fully saturated rings. The van der Waals surface area contributed by atoms with Crippen molar-refractivity contribution in [2.45, 2.75) is 33.2 Å². The summed E-state index contributed by atoms with van der Waals surface area (Å²) < 4.78 is 30.6. The predicted octanol–water partition coefficient (Wildman–Crippen LogP) is 1.81. The van der Waals surface area contributed by atoms with Crippen molar-refractivity contribution in [2.24, 2.45) is 0 Å². The first-order valence-electron chi connectivity index (χ1n) is 5.06. The average molecular weight is 231 g/mol. The Bertz CT molecular complexity index is 395. The van der Waals surface area contributed by atoms with Crippen LogP contribution in [0.4, 0.5) is 0 Å². The van der Waals surface area contributed by atoms with Gasteiger partial charge in [0.2, 0.25) is 10.0 Å². The molecule has 0 spiro atoms. The van der Waals surface area contributed by atoms with Gasteiger partial charge in [-0.2, -0.15) is 0 Å².